The summed E-state index contributed by atoms with van der Waals surface area (Å²) in [6.07, 6.45) is -0.0319. The van der Waals surface area contributed by atoms with Crippen molar-refractivity contribution in [1.82, 2.24) is 9.78 Å². The first-order chi connectivity index (χ1) is 14.5. The van der Waals surface area contributed by atoms with Crippen molar-refractivity contribution in [2.75, 3.05) is 17.7 Å². The number of hydrogen-bond donors (Lipinski definition) is 2. The molecule has 1 aliphatic rings. The third-order valence-corrected chi connectivity index (χ3v) is 5.17. The third kappa shape index (κ3) is 3.94. The van der Waals surface area contributed by atoms with E-state index >= 15 is 0 Å². The number of rotatable bonds is 6. The van der Waals surface area contributed by atoms with Gasteiger partial charge in [0.2, 0.25) is 5.91 Å². The second kappa shape index (κ2) is 8.30. The molecule has 0 radical (unpaired) electrons. The fourth-order valence-electron chi connectivity index (χ4n) is 3.53. The van der Waals surface area contributed by atoms with Crippen molar-refractivity contribution in [2.45, 2.75) is 26.0 Å². The Hall–Kier alpha value is -3.16. The van der Waals surface area contributed by atoms with Crippen LogP contribution in [0, 0.1) is 6.92 Å². The van der Waals surface area contributed by atoms with Gasteiger partial charge in [-0.05, 0) is 36.8 Å². The first kappa shape index (κ1) is 20.1. The Morgan fingerprint density at radius 3 is 2.73 bits per heavy atom. The molecular formula is C22H21ClN4O3. The molecule has 154 valence electrons. The highest BCUT2D eigenvalue weighted by Gasteiger charge is 2.37. The number of nitrogens with one attached hydrogen (secondary N) is 2. The van der Waals surface area contributed by atoms with Crippen molar-refractivity contribution in [3.05, 3.63) is 64.8 Å². The van der Waals surface area contributed by atoms with Crippen LogP contribution >= 0.6 is 11.6 Å². The summed E-state index contributed by atoms with van der Waals surface area (Å²) in [7, 11) is 1.58. The van der Waals surface area contributed by atoms with Gasteiger partial charge in [0.15, 0.2) is 0 Å². The molecule has 8 heteroatoms. The summed E-state index contributed by atoms with van der Waals surface area (Å²) >= 11 is 6.16. The van der Waals surface area contributed by atoms with Crippen molar-refractivity contribution in [3.63, 3.8) is 0 Å². The van der Waals surface area contributed by atoms with Crippen LogP contribution in [0.3, 0.4) is 0 Å². The van der Waals surface area contributed by atoms with Gasteiger partial charge in [-0.2, -0.15) is 5.10 Å². The molecule has 1 unspecified atom stereocenters. The zero-order valence-corrected chi connectivity index (χ0v) is 17.4. The summed E-state index contributed by atoms with van der Waals surface area (Å²) in [5, 5.41) is 10.9. The van der Waals surface area contributed by atoms with Gasteiger partial charge in [0.25, 0.3) is 5.91 Å². The van der Waals surface area contributed by atoms with E-state index in [2.05, 4.69) is 15.7 Å². The number of amides is 2. The van der Waals surface area contributed by atoms with Crippen LogP contribution in [0.15, 0.2) is 48.5 Å². The molecule has 1 aromatic heterocycles. The first-order valence-electron chi connectivity index (χ1n) is 9.50. The van der Waals surface area contributed by atoms with Crippen molar-refractivity contribution in [3.8, 4) is 11.1 Å². The molecule has 1 atom stereocenters. The number of halogens is 1. The molecule has 7 nitrogen and oxygen atoms in total. The lowest BCUT2D eigenvalue weighted by molar-refractivity contribution is -0.123. The number of ether oxygens (including phenoxy) is 1. The largest absolute Gasteiger partial charge is 0.378 e. The highest BCUT2D eigenvalue weighted by molar-refractivity contribution is 6.30. The van der Waals surface area contributed by atoms with E-state index in [0.29, 0.717) is 22.2 Å². The molecule has 0 spiro atoms. The summed E-state index contributed by atoms with van der Waals surface area (Å²) in [4.78, 5) is 25.2. The van der Waals surface area contributed by atoms with E-state index in [1.165, 1.54) is 0 Å². The number of fused-ring (bicyclic) bond motifs is 1. The molecule has 2 amide bonds. The molecule has 1 aliphatic heterocycles. The van der Waals surface area contributed by atoms with E-state index in [1.807, 2.05) is 49.4 Å². The fraction of sp³-hybridized carbons (Fsp3) is 0.227. The van der Waals surface area contributed by atoms with E-state index < -0.39 is 6.04 Å². The van der Waals surface area contributed by atoms with Crippen molar-refractivity contribution < 1.29 is 14.3 Å². The highest BCUT2D eigenvalue weighted by Crippen LogP contribution is 2.39. The normalized spacial score (nSPS) is 15.0. The number of carbonyl (C=O) groups is 2. The van der Waals surface area contributed by atoms with Crippen molar-refractivity contribution in [2.24, 2.45) is 0 Å². The van der Waals surface area contributed by atoms with E-state index in [1.54, 1.807) is 17.9 Å². The molecular weight excluding hydrogens is 404 g/mol. The molecule has 0 saturated carbocycles. The van der Waals surface area contributed by atoms with Crippen LogP contribution in [0.25, 0.3) is 11.1 Å². The van der Waals surface area contributed by atoms with Gasteiger partial charge in [0.05, 0.1) is 18.7 Å². The summed E-state index contributed by atoms with van der Waals surface area (Å²) in [6, 6.07) is 14.1. The number of hydrogen-bond acceptors (Lipinski definition) is 4. The maximum Gasteiger partial charge on any atom is 0.251 e. The van der Waals surface area contributed by atoms with Gasteiger partial charge in [0.1, 0.15) is 11.9 Å². The maximum atomic E-state index is 12.6. The van der Waals surface area contributed by atoms with Crippen LogP contribution < -0.4 is 10.6 Å². The zero-order valence-electron chi connectivity index (χ0n) is 16.6. The third-order valence-electron chi connectivity index (χ3n) is 4.93. The quantitative estimate of drug-likeness (QED) is 0.621. The van der Waals surface area contributed by atoms with Crippen LogP contribution in [0.4, 0.5) is 11.5 Å². The number of benzene rings is 2. The van der Waals surface area contributed by atoms with E-state index in [-0.39, 0.29) is 24.8 Å². The minimum atomic E-state index is -0.742. The number of methoxy groups -OCH3 is 1. The van der Waals surface area contributed by atoms with Gasteiger partial charge in [-0.25, -0.2) is 4.68 Å². The SMILES string of the molecule is COCc1nn2c(c1-c1cccc(Cl)c1)NC(=O)C2CC(=O)Nc1ccc(C)cc1. The number of carbonyl (C=O) groups excluding carboxylic acids is 2. The molecule has 2 heterocycles. The average Bonchev–Trinajstić information content (AvgIpc) is 3.19. The Kier molecular flexibility index (Phi) is 5.57. The van der Waals surface area contributed by atoms with E-state index in [4.69, 9.17) is 16.3 Å². The minimum Gasteiger partial charge on any atom is -0.378 e. The molecule has 2 aromatic carbocycles. The Morgan fingerprint density at radius 2 is 2.03 bits per heavy atom. The van der Waals surface area contributed by atoms with Gasteiger partial charge in [-0.1, -0.05) is 41.4 Å². The monoisotopic (exact) mass is 424 g/mol. The molecule has 30 heavy (non-hydrogen) atoms. The lowest BCUT2D eigenvalue weighted by Crippen LogP contribution is -2.24. The molecule has 2 N–H and O–H groups in total. The highest BCUT2D eigenvalue weighted by atomic mass is 35.5. The average molecular weight is 425 g/mol. The van der Waals surface area contributed by atoms with E-state index in [9.17, 15) is 9.59 Å². The Balaban J connectivity index is 1.62. The maximum absolute atomic E-state index is 12.6. The summed E-state index contributed by atoms with van der Waals surface area (Å²) in [5.74, 6) is 0.00574. The predicted octanol–water partition coefficient (Wildman–Crippen LogP) is 4.18. The molecule has 0 saturated heterocycles. The summed E-state index contributed by atoms with van der Waals surface area (Å²) in [6.45, 7) is 2.24. The number of nitrogens with zero attached hydrogens (tertiary/aromatic N) is 2. The van der Waals surface area contributed by atoms with Crippen molar-refractivity contribution >= 4 is 34.9 Å². The summed E-state index contributed by atoms with van der Waals surface area (Å²) < 4.78 is 6.86. The van der Waals surface area contributed by atoms with Crippen LogP contribution in [-0.2, 0) is 20.9 Å². The molecule has 0 aliphatic carbocycles. The Labute approximate surface area is 179 Å². The van der Waals surface area contributed by atoms with Gasteiger partial charge < -0.3 is 15.4 Å². The first-order valence-corrected chi connectivity index (χ1v) is 9.87. The second-order valence-electron chi connectivity index (χ2n) is 7.18. The number of aryl methyl sites for hydroxylation is 1. The number of anilines is 2. The standard InChI is InChI=1S/C22H21ClN4O3/c1-13-6-8-16(9-7-13)24-19(28)11-18-22(29)25-21-20(14-4-3-5-15(23)10-14)17(12-30-2)26-27(18)21/h3-10,18H,11-12H2,1-2H3,(H,24,28)(H,25,29). The Morgan fingerprint density at radius 1 is 1.27 bits per heavy atom. The van der Waals surface area contributed by atoms with Gasteiger partial charge in [-0.3, -0.25) is 9.59 Å². The minimum absolute atomic E-state index is 0.0319. The van der Waals surface area contributed by atoms with Crippen LogP contribution in [0.2, 0.25) is 5.02 Å². The van der Waals surface area contributed by atoms with E-state index in [0.717, 1.165) is 16.7 Å². The fourth-order valence-corrected chi connectivity index (χ4v) is 3.72. The smallest absolute Gasteiger partial charge is 0.251 e. The van der Waals surface area contributed by atoms with Gasteiger partial charge in [0, 0.05) is 23.4 Å². The Bertz CT molecular complexity index is 1110. The number of aromatic nitrogens is 2. The zero-order chi connectivity index (χ0) is 21.3. The van der Waals surface area contributed by atoms with Gasteiger partial charge >= 0.3 is 0 Å². The second-order valence-corrected chi connectivity index (χ2v) is 7.62. The van der Waals surface area contributed by atoms with Crippen LogP contribution in [-0.4, -0.2) is 28.7 Å². The molecule has 0 fully saturated rings. The van der Waals surface area contributed by atoms with Crippen molar-refractivity contribution in [1.29, 1.82) is 0 Å². The molecule has 4 rings (SSSR count). The topological polar surface area (TPSA) is 85.2 Å². The lowest BCUT2D eigenvalue weighted by atomic mass is 10.1. The molecule has 3 aromatic rings. The molecule has 0 bridgehead atoms. The van der Waals surface area contributed by atoms with Crippen LogP contribution in [0.1, 0.15) is 23.7 Å². The van der Waals surface area contributed by atoms with Crippen LogP contribution in [0.5, 0.6) is 0 Å². The summed E-state index contributed by atoms with van der Waals surface area (Å²) in [5.41, 5.74) is 4.02. The predicted molar refractivity (Wildman–Crippen MR) is 115 cm³/mol. The van der Waals surface area contributed by atoms with Gasteiger partial charge in [-0.15, -0.1) is 0 Å². The lowest BCUT2D eigenvalue weighted by Gasteiger charge is -2.10.